The van der Waals surface area contributed by atoms with Crippen LogP contribution in [0.5, 0.6) is 0 Å². The second-order valence-electron chi connectivity index (χ2n) is 4.98. The molecule has 5 heteroatoms. The molecule has 0 atom stereocenters. The maximum Gasteiger partial charge on any atom is 0.164 e. The maximum absolute atomic E-state index is 6.45. The van der Waals surface area contributed by atoms with Gasteiger partial charge in [-0.25, -0.2) is 9.50 Å². The van der Waals surface area contributed by atoms with E-state index in [1.807, 2.05) is 30.5 Å². The summed E-state index contributed by atoms with van der Waals surface area (Å²) >= 11 is 12.4. The second-order valence-corrected chi connectivity index (χ2v) is 5.78. The third kappa shape index (κ3) is 1.74. The first kappa shape index (κ1) is 12.2. The average molecular weight is 304 g/mol. The van der Waals surface area contributed by atoms with Gasteiger partial charge in [0.2, 0.25) is 0 Å². The fourth-order valence-corrected chi connectivity index (χ4v) is 3.21. The minimum absolute atomic E-state index is 0.697. The summed E-state index contributed by atoms with van der Waals surface area (Å²) in [6.45, 7) is 0. The summed E-state index contributed by atoms with van der Waals surface area (Å²) in [5.74, 6) is 0. The van der Waals surface area contributed by atoms with Gasteiger partial charge in [-0.3, -0.25) is 0 Å². The Labute approximate surface area is 126 Å². The number of hydrogen-bond donors (Lipinski definition) is 0. The van der Waals surface area contributed by atoms with Gasteiger partial charge in [0, 0.05) is 21.8 Å². The Kier molecular flexibility index (Phi) is 2.72. The van der Waals surface area contributed by atoms with Crippen molar-refractivity contribution < 1.29 is 0 Å². The summed E-state index contributed by atoms with van der Waals surface area (Å²) in [7, 11) is 0. The van der Waals surface area contributed by atoms with Crippen LogP contribution in [0.3, 0.4) is 0 Å². The summed E-state index contributed by atoms with van der Waals surface area (Å²) in [4.78, 5) is 4.76. The van der Waals surface area contributed by atoms with Crippen molar-refractivity contribution in [3.05, 3.63) is 51.9 Å². The number of benzene rings is 1. The molecule has 0 amide bonds. The third-order valence-electron chi connectivity index (χ3n) is 3.76. The molecule has 0 N–H and O–H groups in total. The molecule has 4 rings (SSSR count). The Morgan fingerprint density at radius 2 is 1.85 bits per heavy atom. The molecule has 0 unspecified atom stereocenters. The van der Waals surface area contributed by atoms with Gasteiger partial charge in [0.15, 0.2) is 5.65 Å². The van der Waals surface area contributed by atoms with Gasteiger partial charge in [-0.15, -0.1) is 0 Å². The van der Waals surface area contributed by atoms with E-state index in [2.05, 4.69) is 5.10 Å². The van der Waals surface area contributed by atoms with Crippen molar-refractivity contribution in [2.45, 2.75) is 19.3 Å². The fraction of sp³-hybridized carbons (Fsp3) is 0.200. The van der Waals surface area contributed by atoms with Crippen LogP contribution in [0.15, 0.2) is 30.5 Å². The maximum atomic E-state index is 6.45. The van der Waals surface area contributed by atoms with Crippen molar-refractivity contribution in [2.24, 2.45) is 0 Å². The van der Waals surface area contributed by atoms with Gasteiger partial charge in [0.05, 0.1) is 6.20 Å². The Hall–Kier alpha value is -1.58. The predicted octanol–water partition coefficient (Wildman–Crippen LogP) is 4.19. The first-order chi connectivity index (χ1) is 9.74. The minimum Gasteiger partial charge on any atom is -0.233 e. The molecule has 2 heterocycles. The lowest BCUT2D eigenvalue weighted by Gasteiger charge is -2.05. The molecule has 1 aromatic carbocycles. The molecule has 0 saturated carbocycles. The second kappa shape index (κ2) is 4.47. The number of aryl methyl sites for hydroxylation is 1. The van der Waals surface area contributed by atoms with Crippen LogP contribution in [0, 0.1) is 0 Å². The first-order valence-corrected chi connectivity index (χ1v) is 7.30. The Bertz CT molecular complexity index is 806. The Balaban J connectivity index is 1.98. The highest BCUT2D eigenvalue weighted by Gasteiger charge is 2.21. The van der Waals surface area contributed by atoms with E-state index in [4.69, 9.17) is 28.2 Å². The molecule has 0 saturated heterocycles. The lowest BCUT2D eigenvalue weighted by atomic mass is 10.1. The van der Waals surface area contributed by atoms with Crippen molar-refractivity contribution in [3.8, 4) is 11.1 Å². The highest BCUT2D eigenvalue weighted by atomic mass is 35.5. The molecule has 3 aromatic rings. The van der Waals surface area contributed by atoms with Crippen LogP contribution in [-0.4, -0.2) is 14.6 Å². The first-order valence-electron chi connectivity index (χ1n) is 6.55. The zero-order chi connectivity index (χ0) is 13.7. The number of fused-ring (bicyclic) bond motifs is 2. The molecule has 0 radical (unpaired) electrons. The molecule has 0 aliphatic heterocycles. The minimum atomic E-state index is 0.697. The van der Waals surface area contributed by atoms with Crippen molar-refractivity contribution in [3.63, 3.8) is 0 Å². The van der Waals surface area contributed by atoms with Crippen LogP contribution in [0.1, 0.15) is 17.7 Å². The molecule has 2 aromatic heterocycles. The number of halogens is 2. The van der Waals surface area contributed by atoms with Gasteiger partial charge in [-0.05, 0) is 37.0 Å². The van der Waals surface area contributed by atoms with Gasteiger partial charge in [-0.1, -0.05) is 35.3 Å². The fourth-order valence-electron chi connectivity index (χ4n) is 2.76. The van der Waals surface area contributed by atoms with Gasteiger partial charge in [0.25, 0.3) is 0 Å². The van der Waals surface area contributed by atoms with E-state index in [1.54, 1.807) is 4.52 Å². The summed E-state index contributed by atoms with van der Waals surface area (Å²) in [5.41, 5.74) is 5.10. The molecule has 0 fully saturated rings. The molecule has 0 bridgehead atoms. The van der Waals surface area contributed by atoms with Crippen molar-refractivity contribution in [2.75, 3.05) is 0 Å². The van der Waals surface area contributed by atoms with Gasteiger partial charge in [0.1, 0.15) is 5.15 Å². The Morgan fingerprint density at radius 3 is 2.65 bits per heavy atom. The molecule has 3 nitrogen and oxygen atoms in total. The molecule has 100 valence electrons. The van der Waals surface area contributed by atoms with Crippen LogP contribution >= 0.6 is 23.2 Å². The molecular weight excluding hydrogens is 293 g/mol. The number of hydrogen-bond acceptors (Lipinski definition) is 2. The predicted molar refractivity (Wildman–Crippen MR) is 80.5 cm³/mol. The summed E-state index contributed by atoms with van der Waals surface area (Å²) in [6.07, 6.45) is 4.92. The van der Waals surface area contributed by atoms with E-state index in [1.165, 1.54) is 0 Å². The van der Waals surface area contributed by atoms with Crippen LogP contribution in [0.25, 0.3) is 16.8 Å². The Morgan fingerprint density at radius 1 is 1.05 bits per heavy atom. The molecule has 1 aliphatic carbocycles. The van der Waals surface area contributed by atoms with E-state index in [-0.39, 0.29) is 0 Å². The number of aromatic nitrogens is 3. The zero-order valence-electron chi connectivity index (χ0n) is 10.6. The molecule has 0 spiro atoms. The smallest absolute Gasteiger partial charge is 0.164 e. The van der Waals surface area contributed by atoms with Gasteiger partial charge < -0.3 is 0 Å². The van der Waals surface area contributed by atoms with Crippen LogP contribution < -0.4 is 0 Å². The van der Waals surface area contributed by atoms with E-state index >= 15 is 0 Å². The lowest BCUT2D eigenvalue weighted by molar-refractivity contribution is 0.900. The van der Waals surface area contributed by atoms with Crippen LogP contribution in [0.4, 0.5) is 0 Å². The normalized spacial score (nSPS) is 13.9. The molecule has 1 aliphatic rings. The average Bonchev–Trinajstić information content (AvgIpc) is 3.07. The summed E-state index contributed by atoms with van der Waals surface area (Å²) < 4.78 is 1.73. The highest BCUT2D eigenvalue weighted by molar-refractivity contribution is 6.31. The van der Waals surface area contributed by atoms with Gasteiger partial charge in [-0.2, -0.15) is 5.10 Å². The van der Waals surface area contributed by atoms with Crippen LogP contribution in [0.2, 0.25) is 10.2 Å². The monoisotopic (exact) mass is 303 g/mol. The topological polar surface area (TPSA) is 30.2 Å². The highest BCUT2D eigenvalue weighted by Crippen LogP contribution is 2.32. The van der Waals surface area contributed by atoms with Gasteiger partial charge >= 0.3 is 0 Å². The van der Waals surface area contributed by atoms with Crippen molar-refractivity contribution in [1.82, 2.24) is 14.6 Å². The van der Waals surface area contributed by atoms with Crippen molar-refractivity contribution >= 4 is 28.8 Å². The van der Waals surface area contributed by atoms with E-state index in [0.29, 0.717) is 5.15 Å². The lowest BCUT2D eigenvalue weighted by Crippen LogP contribution is -1.99. The van der Waals surface area contributed by atoms with E-state index < -0.39 is 0 Å². The van der Waals surface area contributed by atoms with E-state index in [0.717, 1.165) is 52.3 Å². The van der Waals surface area contributed by atoms with Crippen LogP contribution in [-0.2, 0) is 12.8 Å². The summed E-state index contributed by atoms with van der Waals surface area (Å²) in [6, 6.07) is 7.69. The SMILES string of the molecule is Clc1ccc(-c2cnn3c(Cl)c4c(nc23)CCC4)cc1. The number of nitrogens with zero attached hydrogens (tertiary/aromatic N) is 3. The standard InChI is InChI=1S/C15H11Cl2N3/c16-10-6-4-9(5-7-10)12-8-18-20-14(17)11-2-1-3-13(11)19-15(12)20/h4-8H,1-3H2. The van der Waals surface area contributed by atoms with E-state index in [9.17, 15) is 0 Å². The zero-order valence-corrected chi connectivity index (χ0v) is 12.1. The largest absolute Gasteiger partial charge is 0.233 e. The molecular formula is C15H11Cl2N3. The van der Waals surface area contributed by atoms with Crippen molar-refractivity contribution in [1.29, 1.82) is 0 Å². The third-order valence-corrected chi connectivity index (χ3v) is 4.40. The summed E-state index contributed by atoms with van der Waals surface area (Å²) in [5, 5.41) is 5.80. The molecule has 20 heavy (non-hydrogen) atoms. The number of rotatable bonds is 1. The quantitative estimate of drug-likeness (QED) is 0.631.